The minimum absolute atomic E-state index is 0.0233. The van der Waals surface area contributed by atoms with Gasteiger partial charge < -0.3 is 9.47 Å². The number of esters is 2. The Morgan fingerprint density at radius 2 is 1.00 bits per heavy atom. The molecule has 0 amide bonds. The van der Waals surface area contributed by atoms with Crippen LogP contribution < -0.4 is 9.47 Å². The molecule has 0 heterocycles. The van der Waals surface area contributed by atoms with E-state index in [2.05, 4.69) is 0 Å². The summed E-state index contributed by atoms with van der Waals surface area (Å²) < 4.78 is 11.4. The van der Waals surface area contributed by atoms with Gasteiger partial charge in [-0.2, -0.15) is 0 Å². The zero-order chi connectivity index (χ0) is 20.7. The van der Waals surface area contributed by atoms with Gasteiger partial charge in [0.2, 0.25) is 0 Å². The molecule has 0 spiro atoms. The third-order valence-electron chi connectivity index (χ3n) is 5.83. The first-order valence-electron chi connectivity index (χ1n) is 10.1. The molecule has 0 saturated heterocycles. The number of aryl methyl sites for hydroxylation is 4. The minimum Gasteiger partial charge on any atom is -0.426 e. The number of carbonyl (C=O) groups excluding carboxylic acids is 2. The summed E-state index contributed by atoms with van der Waals surface area (Å²) in [7, 11) is 0. The maximum absolute atomic E-state index is 13.0. The van der Waals surface area contributed by atoms with Gasteiger partial charge in [-0.3, -0.25) is 9.59 Å². The minimum atomic E-state index is -0.510. The van der Waals surface area contributed by atoms with Crippen molar-refractivity contribution in [3.63, 3.8) is 0 Å². The van der Waals surface area contributed by atoms with E-state index in [0.29, 0.717) is 11.5 Å². The van der Waals surface area contributed by atoms with E-state index < -0.39 is 11.8 Å². The molecule has 2 aliphatic carbocycles. The number of hydrogen-bond acceptors (Lipinski definition) is 4. The lowest BCUT2D eigenvalue weighted by Crippen LogP contribution is -2.37. The molecule has 1 fully saturated rings. The normalized spacial score (nSPS) is 24.6. The van der Waals surface area contributed by atoms with Gasteiger partial charge in [0.15, 0.2) is 0 Å². The average molecular weight is 390 g/mol. The van der Waals surface area contributed by atoms with Crippen LogP contribution in [0.1, 0.15) is 28.7 Å². The van der Waals surface area contributed by atoms with E-state index in [1.807, 2.05) is 76.2 Å². The molecule has 2 aliphatic rings. The second-order valence-electron chi connectivity index (χ2n) is 8.49. The highest BCUT2D eigenvalue weighted by molar-refractivity contribution is 5.86. The Bertz CT molecular complexity index is 884. The maximum atomic E-state index is 13.0. The Kier molecular flexibility index (Phi) is 5.03. The third kappa shape index (κ3) is 3.98. The fraction of sp³-hybridized carbons (Fsp3) is 0.360. The lowest BCUT2D eigenvalue weighted by atomic mass is 9.83. The van der Waals surface area contributed by atoms with Crippen LogP contribution in [0.3, 0.4) is 0 Å². The standard InChI is InChI=1S/C25H26O4/c1-14-7-15(2)10-20(9-14)28-24(26)22-18-5-6-19(13-18)23(22)25(27)29-21-11-16(3)8-17(4)12-21/h5-12,18-19,22-23H,13H2,1-4H3. The largest absolute Gasteiger partial charge is 0.426 e. The molecular weight excluding hydrogens is 364 g/mol. The van der Waals surface area contributed by atoms with Crippen molar-refractivity contribution in [2.24, 2.45) is 23.7 Å². The van der Waals surface area contributed by atoms with Crippen LogP contribution in [-0.4, -0.2) is 11.9 Å². The Labute approximate surface area is 171 Å². The van der Waals surface area contributed by atoms with Gasteiger partial charge in [0.25, 0.3) is 0 Å². The van der Waals surface area contributed by atoms with Crippen molar-refractivity contribution in [3.8, 4) is 11.5 Å². The number of carbonyl (C=O) groups is 2. The van der Waals surface area contributed by atoms with Crippen molar-refractivity contribution in [3.05, 3.63) is 70.8 Å². The van der Waals surface area contributed by atoms with Crippen LogP contribution in [0.25, 0.3) is 0 Å². The van der Waals surface area contributed by atoms with Gasteiger partial charge in [0.1, 0.15) is 11.5 Å². The van der Waals surface area contributed by atoms with Crippen LogP contribution in [0, 0.1) is 51.4 Å². The molecule has 150 valence electrons. The number of fused-ring (bicyclic) bond motifs is 2. The summed E-state index contributed by atoms with van der Waals surface area (Å²) in [6, 6.07) is 11.4. The quantitative estimate of drug-likeness (QED) is 0.425. The fourth-order valence-electron chi connectivity index (χ4n) is 4.82. The van der Waals surface area contributed by atoms with E-state index in [4.69, 9.17) is 9.47 Å². The lowest BCUT2D eigenvalue weighted by molar-refractivity contribution is -0.151. The predicted octanol–water partition coefficient (Wildman–Crippen LogP) is 4.87. The predicted molar refractivity (Wildman–Crippen MR) is 111 cm³/mol. The second-order valence-corrected chi connectivity index (χ2v) is 8.49. The Hall–Kier alpha value is -2.88. The van der Waals surface area contributed by atoms with Gasteiger partial charge in [0, 0.05) is 0 Å². The number of allylic oxidation sites excluding steroid dienone is 2. The second kappa shape index (κ2) is 7.51. The van der Waals surface area contributed by atoms with Gasteiger partial charge in [-0.15, -0.1) is 0 Å². The number of benzene rings is 2. The number of hydrogen-bond donors (Lipinski definition) is 0. The molecule has 1 saturated carbocycles. The molecule has 4 rings (SSSR count). The highest BCUT2D eigenvalue weighted by Gasteiger charge is 2.53. The summed E-state index contributed by atoms with van der Waals surface area (Å²) in [6.07, 6.45) is 4.87. The summed E-state index contributed by atoms with van der Waals surface area (Å²) in [5.41, 5.74) is 4.13. The van der Waals surface area contributed by atoms with Crippen LogP contribution >= 0.6 is 0 Å². The van der Waals surface area contributed by atoms with Crippen molar-refractivity contribution in [2.75, 3.05) is 0 Å². The summed E-state index contributed by atoms with van der Waals surface area (Å²) in [6.45, 7) is 7.87. The molecule has 2 aromatic rings. The van der Waals surface area contributed by atoms with E-state index in [-0.39, 0.29) is 23.8 Å². The first-order valence-corrected chi connectivity index (χ1v) is 10.1. The van der Waals surface area contributed by atoms with E-state index in [1.165, 1.54) is 0 Å². The zero-order valence-electron chi connectivity index (χ0n) is 17.3. The first kappa shape index (κ1) is 19.4. The Balaban J connectivity index is 1.54. The molecule has 4 unspecified atom stereocenters. The number of rotatable bonds is 4. The summed E-state index contributed by atoms with van der Waals surface area (Å²) in [4.78, 5) is 26.1. The van der Waals surface area contributed by atoms with Crippen molar-refractivity contribution >= 4 is 11.9 Å². The SMILES string of the molecule is Cc1cc(C)cc(OC(=O)C2C3C=CC(C3)C2C(=O)Oc2cc(C)cc(C)c2)c1. The molecular formula is C25H26O4. The Morgan fingerprint density at radius 3 is 1.34 bits per heavy atom. The smallest absolute Gasteiger partial charge is 0.315 e. The van der Waals surface area contributed by atoms with Crippen molar-refractivity contribution < 1.29 is 19.1 Å². The van der Waals surface area contributed by atoms with Crippen molar-refractivity contribution in [1.29, 1.82) is 0 Å². The van der Waals surface area contributed by atoms with Gasteiger partial charge >= 0.3 is 11.9 Å². The topological polar surface area (TPSA) is 52.6 Å². The molecule has 29 heavy (non-hydrogen) atoms. The molecule has 0 aromatic heterocycles. The fourth-order valence-corrected chi connectivity index (χ4v) is 4.82. The third-order valence-corrected chi connectivity index (χ3v) is 5.83. The van der Waals surface area contributed by atoms with Crippen LogP contribution in [-0.2, 0) is 9.59 Å². The molecule has 4 atom stereocenters. The Morgan fingerprint density at radius 1 is 0.655 bits per heavy atom. The molecule has 2 bridgehead atoms. The average Bonchev–Trinajstić information content (AvgIpc) is 3.21. The van der Waals surface area contributed by atoms with Gasteiger partial charge in [-0.05, 0) is 92.5 Å². The van der Waals surface area contributed by atoms with Gasteiger partial charge in [0.05, 0.1) is 11.8 Å². The first-order chi connectivity index (χ1) is 13.8. The monoisotopic (exact) mass is 390 g/mol. The van der Waals surface area contributed by atoms with E-state index in [9.17, 15) is 9.59 Å². The maximum Gasteiger partial charge on any atom is 0.315 e. The van der Waals surface area contributed by atoms with Gasteiger partial charge in [-0.1, -0.05) is 24.3 Å². The summed E-state index contributed by atoms with van der Waals surface area (Å²) in [5.74, 6) is -0.622. The van der Waals surface area contributed by atoms with Crippen LogP contribution in [0.2, 0.25) is 0 Å². The molecule has 0 aliphatic heterocycles. The highest BCUT2D eigenvalue weighted by atomic mass is 16.5. The van der Waals surface area contributed by atoms with E-state index >= 15 is 0 Å². The van der Waals surface area contributed by atoms with Crippen molar-refractivity contribution in [1.82, 2.24) is 0 Å². The van der Waals surface area contributed by atoms with E-state index in [1.54, 1.807) is 0 Å². The van der Waals surface area contributed by atoms with Crippen LogP contribution in [0.5, 0.6) is 11.5 Å². The lowest BCUT2D eigenvalue weighted by Gasteiger charge is -2.25. The highest BCUT2D eigenvalue weighted by Crippen LogP contribution is 2.49. The summed E-state index contributed by atoms with van der Waals surface area (Å²) in [5, 5.41) is 0. The molecule has 0 radical (unpaired) electrons. The van der Waals surface area contributed by atoms with Crippen molar-refractivity contribution in [2.45, 2.75) is 34.1 Å². The van der Waals surface area contributed by atoms with E-state index in [0.717, 1.165) is 28.7 Å². The number of ether oxygens (including phenoxy) is 2. The van der Waals surface area contributed by atoms with Crippen LogP contribution in [0.4, 0.5) is 0 Å². The van der Waals surface area contributed by atoms with Gasteiger partial charge in [-0.25, -0.2) is 0 Å². The van der Waals surface area contributed by atoms with Crippen LogP contribution in [0.15, 0.2) is 48.6 Å². The summed E-state index contributed by atoms with van der Waals surface area (Å²) >= 11 is 0. The zero-order valence-corrected chi connectivity index (χ0v) is 17.3. The molecule has 2 aromatic carbocycles. The molecule has 4 nitrogen and oxygen atoms in total. The molecule has 4 heteroatoms. The molecule has 0 N–H and O–H groups in total.